The fraction of sp³-hybridized carbons (Fsp3) is 0.292. The Balaban J connectivity index is 1.53. The summed E-state index contributed by atoms with van der Waals surface area (Å²) in [5, 5.41) is 15.9. The number of aliphatic hydroxyl groups is 1. The van der Waals surface area contributed by atoms with E-state index in [0.29, 0.717) is 26.1 Å². The van der Waals surface area contributed by atoms with Crippen molar-refractivity contribution < 1.29 is 14.6 Å². The summed E-state index contributed by atoms with van der Waals surface area (Å²) in [7, 11) is 0. The van der Waals surface area contributed by atoms with Crippen molar-refractivity contribution in [1.29, 1.82) is 0 Å². The molecular weight excluding hydrogens is 350 g/mol. The molecule has 1 aliphatic rings. The fourth-order valence-corrected chi connectivity index (χ4v) is 4.13. The van der Waals surface area contributed by atoms with Gasteiger partial charge in [0.2, 0.25) is 5.91 Å². The Morgan fingerprint density at radius 1 is 0.964 bits per heavy atom. The molecule has 1 fully saturated rings. The van der Waals surface area contributed by atoms with Crippen molar-refractivity contribution >= 4 is 16.7 Å². The van der Waals surface area contributed by atoms with Gasteiger partial charge in [0.25, 0.3) is 0 Å². The van der Waals surface area contributed by atoms with Crippen molar-refractivity contribution in [2.75, 3.05) is 19.8 Å². The number of amides is 1. The Morgan fingerprint density at radius 2 is 1.64 bits per heavy atom. The molecule has 28 heavy (non-hydrogen) atoms. The average Bonchev–Trinajstić information content (AvgIpc) is 2.78. The molecule has 4 heteroatoms. The number of carbonyl (C=O) groups is 1. The van der Waals surface area contributed by atoms with E-state index in [1.54, 1.807) is 0 Å². The summed E-state index contributed by atoms with van der Waals surface area (Å²) in [6.45, 7) is 1.31. The third kappa shape index (κ3) is 3.53. The van der Waals surface area contributed by atoms with Crippen molar-refractivity contribution in [3.05, 3.63) is 83.9 Å². The lowest BCUT2D eigenvalue weighted by Crippen LogP contribution is -2.48. The van der Waals surface area contributed by atoms with Gasteiger partial charge in [0.1, 0.15) is 0 Å². The maximum absolute atomic E-state index is 13.2. The number of hydrogen-bond donors (Lipinski definition) is 2. The van der Waals surface area contributed by atoms with E-state index in [2.05, 4.69) is 5.32 Å². The molecule has 1 atom stereocenters. The number of hydrogen-bond acceptors (Lipinski definition) is 3. The third-order valence-corrected chi connectivity index (χ3v) is 5.75. The van der Waals surface area contributed by atoms with E-state index in [4.69, 9.17) is 4.74 Å². The van der Waals surface area contributed by atoms with Gasteiger partial charge < -0.3 is 15.2 Å². The Bertz CT molecular complexity index is 943. The number of aliphatic hydroxyl groups excluding tert-OH is 1. The van der Waals surface area contributed by atoms with Crippen LogP contribution in [0.3, 0.4) is 0 Å². The van der Waals surface area contributed by atoms with E-state index in [1.165, 1.54) is 0 Å². The topological polar surface area (TPSA) is 58.6 Å². The summed E-state index contributed by atoms with van der Waals surface area (Å²) in [5.74, 6) is -0.0405. The number of carbonyl (C=O) groups excluding carboxylic acids is 1. The van der Waals surface area contributed by atoms with E-state index in [0.717, 1.165) is 21.9 Å². The van der Waals surface area contributed by atoms with Crippen molar-refractivity contribution in [3.8, 4) is 0 Å². The molecule has 0 aromatic heterocycles. The lowest BCUT2D eigenvalue weighted by Gasteiger charge is -2.36. The molecular formula is C24H25NO3. The highest BCUT2D eigenvalue weighted by Crippen LogP contribution is 2.35. The van der Waals surface area contributed by atoms with Gasteiger partial charge in [-0.05, 0) is 34.7 Å². The van der Waals surface area contributed by atoms with E-state index < -0.39 is 11.5 Å². The van der Waals surface area contributed by atoms with Gasteiger partial charge in [-0.2, -0.15) is 0 Å². The average molecular weight is 375 g/mol. The van der Waals surface area contributed by atoms with Crippen LogP contribution in [0, 0.1) is 0 Å². The van der Waals surface area contributed by atoms with Gasteiger partial charge in [-0.25, -0.2) is 0 Å². The molecule has 0 spiro atoms. The zero-order valence-electron chi connectivity index (χ0n) is 15.8. The molecule has 0 saturated carbocycles. The van der Waals surface area contributed by atoms with Crippen LogP contribution in [0.1, 0.15) is 30.1 Å². The number of ether oxygens (including phenoxy) is 1. The summed E-state index contributed by atoms with van der Waals surface area (Å²) in [5.41, 5.74) is 1.24. The number of fused-ring (bicyclic) bond motifs is 1. The van der Waals surface area contributed by atoms with E-state index in [1.807, 2.05) is 72.8 Å². The lowest BCUT2D eigenvalue weighted by atomic mass is 9.73. The predicted octanol–water partition coefficient (Wildman–Crippen LogP) is 3.74. The zero-order chi connectivity index (χ0) is 19.4. The predicted molar refractivity (Wildman–Crippen MR) is 110 cm³/mol. The van der Waals surface area contributed by atoms with Crippen LogP contribution >= 0.6 is 0 Å². The first-order valence-electron chi connectivity index (χ1n) is 9.78. The minimum absolute atomic E-state index is 0.0405. The number of rotatable bonds is 5. The number of nitrogens with one attached hydrogen (secondary N) is 1. The lowest BCUT2D eigenvalue weighted by molar-refractivity contribution is -0.131. The molecule has 4 nitrogen and oxygen atoms in total. The van der Waals surface area contributed by atoms with Gasteiger partial charge in [0, 0.05) is 19.8 Å². The van der Waals surface area contributed by atoms with Crippen LogP contribution in [-0.4, -0.2) is 30.8 Å². The summed E-state index contributed by atoms with van der Waals surface area (Å²) in [6, 6.07) is 23.7. The first-order valence-corrected chi connectivity index (χ1v) is 9.78. The molecule has 3 aromatic rings. The highest BCUT2D eigenvalue weighted by molar-refractivity contribution is 5.89. The summed E-state index contributed by atoms with van der Waals surface area (Å²) in [6.07, 6.45) is 0.531. The van der Waals surface area contributed by atoms with Crippen LogP contribution < -0.4 is 5.32 Å². The van der Waals surface area contributed by atoms with E-state index in [9.17, 15) is 9.90 Å². The Hall–Kier alpha value is -2.69. The molecule has 1 heterocycles. The van der Waals surface area contributed by atoms with Crippen molar-refractivity contribution in [1.82, 2.24) is 5.32 Å². The third-order valence-electron chi connectivity index (χ3n) is 5.75. The van der Waals surface area contributed by atoms with Crippen molar-refractivity contribution in [2.45, 2.75) is 24.4 Å². The van der Waals surface area contributed by atoms with Crippen LogP contribution in [0.5, 0.6) is 0 Å². The Labute approximate surface area is 165 Å². The van der Waals surface area contributed by atoms with Crippen LogP contribution in [0.2, 0.25) is 0 Å². The highest BCUT2D eigenvalue weighted by Gasteiger charge is 2.41. The van der Waals surface area contributed by atoms with Crippen LogP contribution in [-0.2, 0) is 14.9 Å². The molecule has 0 bridgehead atoms. The molecule has 3 aromatic carbocycles. The standard InChI is InChI=1S/C24H25NO3/c26-22(21-12-6-8-18-7-4-5-11-20(18)21)17-25-23(27)24(13-15-28-16-14-24)19-9-2-1-3-10-19/h1-12,22,26H,13-17H2,(H,25,27)/t22-/m0/s1. The van der Waals surface area contributed by atoms with Gasteiger partial charge in [-0.15, -0.1) is 0 Å². The number of benzene rings is 3. The fourth-order valence-electron chi connectivity index (χ4n) is 4.13. The normalized spacial score (nSPS) is 17.2. The SMILES string of the molecule is O=C(NC[C@H](O)c1cccc2ccccc12)C1(c2ccccc2)CCOCC1. The zero-order valence-corrected chi connectivity index (χ0v) is 15.8. The Kier molecular flexibility index (Phi) is 5.42. The molecule has 0 aliphatic carbocycles. The van der Waals surface area contributed by atoms with Gasteiger partial charge >= 0.3 is 0 Å². The second-order valence-electron chi connectivity index (χ2n) is 7.35. The molecule has 0 radical (unpaired) electrons. The summed E-state index contributed by atoms with van der Waals surface area (Å²) >= 11 is 0. The van der Waals surface area contributed by atoms with E-state index in [-0.39, 0.29) is 12.5 Å². The molecule has 1 amide bonds. The van der Waals surface area contributed by atoms with Crippen LogP contribution in [0.15, 0.2) is 72.8 Å². The molecule has 1 saturated heterocycles. The second-order valence-corrected chi connectivity index (χ2v) is 7.35. The molecule has 2 N–H and O–H groups in total. The molecule has 0 unspecified atom stereocenters. The Morgan fingerprint density at radius 3 is 2.43 bits per heavy atom. The van der Waals surface area contributed by atoms with Crippen molar-refractivity contribution in [3.63, 3.8) is 0 Å². The van der Waals surface area contributed by atoms with Crippen molar-refractivity contribution in [2.24, 2.45) is 0 Å². The van der Waals surface area contributed by atoms with E-state index >= 15 is 0 Å². The first-order chi connectivity index (χ1) is 13.7. The first kappa shape index (κ1) is 18.7. The largest absolute Gasteiger partial charge is 0.387 e. The van der Waals surface area contributed by atoms with Gasteiger partial charge in [-0.1, -0.05) is 72.8 Å². The monoisotopic (exact) mass is 375 g/mol. The molecule has 1 aliphatic heterocycles. The van der Waals surface area contributed by atoms with Gasteiger partial charge in [0.15, 0.2) is 0 Å². The summed E-state index contributed by atoms with van der Waals surface area (Å²) < 4.78 is 5.51. The van der Waals surface area contributed by atoms with Crippen LogP contribution in [0.4, 0.5) is 0 Å². The maximum atomic E-state index is 13.2. The minimum Gasteiger partial charge on any atom is -0.387 e. The summed E-state index contributed by atoms with van der Waals surface area (Å²) in [4.78, 5) is 13.2. The minimum atomic E-state index is -0.761. The van der Waals surface area contributed by atoms with Gasteiger partial charge in [0.05, 0.1) is 11.5 Å². The molecule has 144 valence electrons. The smallest absolute Gasteiger partial charge is 0.230 e. The van der Waals surface area contributed by atoms with Crippen LogP contribution in [0.25, 0.3) is 10.8 Å². The quantitative estimate of drug-likeness (QED) is 0.714. The maximum Gasteiger partial charge on any atom is 0.230 e. The molecule has 4 rings (SSSR count). The van der Waals surface area contributed by atoms with Gasteiger partial charge in [-0.3, -0.25) is 4.79 Å². The second kappa shape index (κ2) is 8.13. The highest BCUT2D eigenvalue weighted by atomic mass is 16.5.